The predicted octanol–water partition coefficient (Wildman–Crippen LogP) is 3.94. The Labute approximate surface area is 174 Å². The number of para-hydroxylation sites is 1. The Morgan fingerprint density at radius 1 is 1.14 bits per heavy atom. The molecule has 7 heteroatoms. The Morgan fingerprint density at radius 3 is 2.45 bits per heavy atom. The number of benzene rings is 2. The van der Waals surface area contributed by atoms with Gasteiger partial charge >= 0.3 is 5.97 Å². The predicted molar refractivity (Wildman–Crippen MR) is 113 cm³/mol. The summed E-state index contributed by atoms with van der Waals surface area (Å²) in [7, 11) is 1.34. The minimum absolute atomic E-state index is 0.0483. The average Bonchev–Trinajstić information content (AvgIpc) is 3.15. The summed E-state index contributed by atoms with van der Waals surface area (Å²) >= 11 is 1.63. The van der Waals surface area contributed by atoms with E-state index in [-0.39, 0.29) is 18.3 Å². The van der Waals surface area contributed by atoms with E-state index >= 15 is 0 Å². The molecule has 1 unspecified atom stereocenters. The van der Waals surface area contributed by atoms with Crippen LogP contribution in [0.3, 0.4) is 0 Å². The molecule has 0 aliphatic rings. The van der Waals surface area contributed by atoms with Crippen LogP contribution in [0.25, 0.3) is 5.69 Å². The quantitative estimate of drug-likeness (QED) is 0.473. The molecule has 0 fully saturated rings. The molecule has 0 saturated carbocycles. The van der Waals surface area contributed by atoms with Gasteiger partial charge in [-0.05, 0) is 43.0 Å². The van der Waals surface area contributed by atoms with E-state index < -0.39 is 6.04 Å². The Balaban J connectivity index is 1.84. The lowest BCUT2D eigenvalue weighted by molar-refractivity contribution is -0.141. The molecule has 2 aromatic carbocycles. The number of aromatic nitrogens is 2. The van der Waals surface area contributed by atoms with Crippen LogP contribution in [0.4, 0.5) is 0 Å². The summed E-state index contributed by atoms with van der Waals surface area (Å²) in [6.45, 7) is 1.79. The van der Waals surface area contributed by atoms with Gasteiger partial charge in [-0.2, -0.15) is 5.10 Å². The number of amides is 1. The van der Waals surface area contributed by atoms with Gasteiger partial charge in [0.15, 0.2) is 0 Å². The second kappa shape index (κ2) is 9.43. The third-order valence-electron chi connectivity index (χ3n) is 4.59. The maximum absolute atomic E-state index is 13.0. The van der Waals surface area contributed by atoms with Crippen LogP contribution in [0.5, 0.6) is 0 Å². The van der Waals surface area contributed by atoms with Gasteiger partial charge < -0.3 is 10.1 Å². The number of esters is 1. The Morgan fingerprint density at radius 2 is 1.83 bits per heavy atom. The smallest absolute Gasteiger partial charge is 0.307 e. The molecule has 3 rings (SSSR count). The van der Waals surface area contributed by atoms with Crippen molar-refractivity contribution in [2.75, 3.05) is 13.4 Å². The summed E-state index contributed by atoms with van der Waals surface area (Å²) in [6, 6.07) is 16.9. The number of ether oxygens (including phenoxy) is 1. The molecule has 0 bridgehead atoms. The number of rotatable bonds is 7. The molecule has 1 heterocycles. The highest BCUT2D eigenvalue weighted by molar-refractivity contribution is 7.98. The van der Waals surface area contributed by atoms with Crippen molar-refractivity contribution in [3.63, 3.8) is 0 Å². The molecule has 1 amide bonds. The lowest BCUT2D eigenvalue weighted by Crippen LogP contribution is -2.30. The SMILES string of the molecule is COC(=O)CC(NC(=O)c1cn(-c2ccccc2)nc1C)c1ccc(SC)cc1. The normalized spacial score (nSPS) is 11.7. The molecular weight excluding hydrogens is 386 g/mol. The summed E-state index contributed by atoms with van der Waals surface area (Å²) in [6.07, 6.45) is 3.74. The zero-order valence-corrected chi connectivity index (χ0v) is 17.4. The van der Waals surface area contributed by atoms with Crippen molar-refractivity contribution in [3.8, 4) is 5.69 Å². The lowest BCUT2D eigenvalue weighted by Gasteiger charge is -2.18. The maximum atomic E-state index is 13.0. The first-order valence-electron chi connectivity index (χ1n) is 9.15. The number of hydrogen-bond acceptors (Lipinski definition) is 5. The second-order valence-electron chi connectivity index (χ2n) is 6.49. The van der Waals surface area contributed by atoms with E-state index in [1.807, 2.05) is 60.9 Å². The van der Waals surface area contributed by atoms with E-state index in [1.54, 1.807) is 29.6 Å². The van der Waals surface area contributed by atoms with Crippen LogP contribution >= 0.6 is 11.8 Å². The highest BCUT2D eigenvalue weighted by Gasteiger charge is 2.22. The van der Waals surface area contributed by atoms with Gasteiger partial charge in [0.1, 0.15) is 0 Å². The molecule has 3 aromatic rings. The van der Waals surface area contributed by atoms with E-state index in [1.165, 1.54) is 7.11 Å². The van der Waals surface area contributed by atoms with Gasteiger partial charge in [-0.1, -0.05) is 30.3 Å². The molecule has 1 aromatic heterocycles. The van der Waals surface area contributed by atoms with Crippen molar-refractivity contribution in [1.29, 1.82) is 0 Å². The summed E-state index contributed by atoms with van der Waals surface area (Å²) in [5.74, 6) is -0.673. The largest absolute Gasteiger partial charge is 0.469 e. The van der Waals surface area contributed by atoms with E-state index in [0.717, 1.165) is 16.1 Å². The minimum atomic E-state index is -0.495. The zero-order chi connectivity index (χ0) is 20.8. The van der Waals surface area contributed by atoms with Gasteiger partial charge in [-0.3, -0.25) is 9.59 Å². The van der Waals surface area contributed by atoms with Crippen LogP contribution in [-0.4, -0.2) is 35.0 Å². The molecule has 0 radical (unpaired) electrons. The number of aryl methyl sites for hydroxylation is 1. The van der Waals surface area contributed by atoms with Crippen molar-refractivity contribution in [2.24, 2.45) is 0 Å². The molecule has 1 atom stereocenters. The van der Waals surface area contributed by atoms with Crippen LogP contribution in [0.1, 0.15) is 34.1 Å². The first-order chi connectivity index (χ1) is 14.0. The van der Waals surface area contributed by atoms with E-state index in [0.29, 0.717) is 11.3 Å². The van der Waals surface area contributed by atoms with Gasteiger partial charge in [0.25, 0.3) is 5.91 Å². The van der Waals surface area contributed by atoms with Gasteiger partial charge in [0.2, 0.25) is 0 Å². The van der Waals surface area contributed by atoms with Gasteiger partial charge in [0, 0.05) is 11.1 Å². The van der Waals surface area contributed by atoms with E-state index in [2.05, 4.69) is 10.4 Å². The van der Waals surface area contributed by atoms with Crippen molar-refractivity contribution in [1.82, 2.24) is 15.1 Å². The van der Waals surface area contributed by atoms with E-state index in [4.69, 9.17) is 4.74 Å². The Hall–Kier alpha value is -3.06. The summed E-state index contributed by atoms with van der Waals surface area (Å²) in [5.41, 5.74) is 2.79. The summed E-state index contributed by atoms with van der Waals surface area (Å²) < 4.78 is 6.48. The van der Waals surface area contributed by atoms with Crippen molar-refractivity contribution in [3.05, 3.63) is 77.6 Å². The van der Waals surface area contributed by atoms with Gasteiger partial charge in [0.05, 0.1) is 36.5 Å². The summed E-state index contributed by atoms with van der Waals surface area (Å²) in [5, 5.41) is 7.40. The molecule has 0 spiro atoms. The monoisotopic (exact) mass is 409 g/mol. The number of carbonyl (C=O) groups is 2. The van der Waals surface area contributed by atoms with E-state index in [9.17, 15) is 9.59 Å². The van der Waals surface area contributed by atoms with Crippen molar-refractivity contribution >= 4 is 23.6 Å². The van der Waals surface area contributed by atoms with Crippen molar-refractivity contribution < 1.29 is 14.3 Å². The lowest BCUT2D eigenvalue weighted by atomic mass is 10.0. The Kier molecular flexibility index (Phi) is 6.72. The maximum Gasteiger partial charge on any atom is 0.307 e. The fourth-order valence-electron chi connectivity index (χ4n) is 2.97. The Bertz CT molecular complexity index is 984. The van der Waals surface area contributed by atoms with Crippen LogP contribution in [0.2, 0.25) is 0 Å². The molecule has 150 valence electrons. The molecule has 0 saturated heterocycles. The number of nitrogens with one attached hydrogen (secondary N) is 1. The number of nitrogens with zero attached hydrogens (tertiary/aromatic N) is 2. The van der Waals surface area contributed by atoms with Crippen LogP contribution in [0.15, 0.2) is 65.7 Å². The molecule has 0 aliphatic carbocycles. The number of thioether (sulfide) groups is 1. The fraction of sp³-hybridized carbons (Fsp3) is 0.227. The summed E-state index contributed by atoms with van der Waals surface area (Å²) in [4.78, 5) is 26.0. The first kappa shape index (κ1) is 20.7. The van der Waals surface area contributed by atoms with Gasteiger partial charge in [-0.15, -0.1) is 11.8 Å². The van der Waals surface area contributed by atoms with Crippen LogP contribution < -0.4 is 5.32 Å². The molecule has 0 aliphatic heterocycles. The van der Waals surface area contributed by atoms with Crippen molar-refractivity contribution in [2.45, 2.75) is 24.3 Å². The van der Waals surface area contributed by atoms with Gasteiger partial charge in [-0.25, -0.2) is 4.68 Å². The highest BCUT2D eigenvalue weighted by Crippen LogP contribution is 2.23. The molecular formula is C22H23N3O3S. The number of carbonyl (C=O) groups excluding carboxylic acids is 2. The topological polar surface area (TPSA) is 73.2 Å². The first-order valence-corrected chi connectivity index (χ1v) is 10.4. The third kappa shape index (κ3) is 5.06. The second-order valence-corrected chi connectivity index (χ2v) is 7.37. The number of methoxy groups -OCH3 is 1. The highest BCUT2D eigenvalue weighted by atomic mass is 32.2. The average molecular weight is 410 g/mol. The third-order valence-corrected chi connectivity index (χ3v) is 5.33. The molecule has 1 N–H and O–H groups in total. The molecule has 29 heavy (non-hydrogen) atoms. The zero-order valence-electron chi connectivity index (χ0n) is 16.6. The van der Waals surface area contributed by atoms with Crippen LogP contribution in [-0.2, 0) is 9.53 Å². The molecule has 6 nitrogen and oxygen atoms in total. The van der Waals surface area contributed by atoms with Crippen LogP contribution in [0, 0.1) is 6.92 Å². The minimum Gasteiger partial charge on any atom is -0.469 e. The fourth-order valence-corrected chi connectivity index (χ4v) is 3.38. The number of hydrogen-bond donors (Lipinski definition) is 1. The standard InChI is InChI=1S/C22H23N3O3S/c1-15-19(14-25(24-15)17-7-5-4-6-8-17)22(27)23-20(13-21(26)28-2)16-9-11-18(29-3)12-10-16/h4-12,14,20H,13H2,1-3H3,(H,23,27).